The van der Waals surface area contributed by atoms with Crippen molar-refractivity contribution in [2.45, 2.75) is 6.42 Å². The fourth-order valence-corrected chi connectivity index (χ4v) is 2.72. The van der Waals surface area contributed by atoms with Crippen molar-refractivity contribution in [3.63, 3.8) is 0 Å². The Labute approximate surface area is 164 Å². The molecule has 1 aromatic heterocycles. The van der Waals surface area contributed by atoms with Crippen LogP contribution in [0.25, 0.3) is 0 Å². The van der Waals surface area contributed by atoms with Crippen molar-refractivity contribution in [1.29, 1.82) is 0 Å². The van der Waals surface area contributed by atoms with Gasteiger partial charge in [-0.3, -0.25) is 4.79 Å². The molecule has 2 N–H and O–H groups in total. The predicted octanol–water partition coefficient (Wildman–Crippen LogP) is 4.01. The summed E-state index contributed by atoms with van der Waals surface area (Å²) in [6.45, 7) is 0.767. The first-order valence-corrected chi connectivity index (χ1v) is 8.97. The third-order valence-corrected chi connectivity index (χ3v) is 4.24. The molecule has 0 aliphatic carbocycles. The summed E-state index contributed by atoms with van der Waals surface area (Å²) < 4.78 is 10.5. The third kappa shape index (κ3) is 5.01. The summed E-state index contributed by atoms with van der Waals surface area (Å²) in [5, 5.41) is 6.10. The number of methoxy groups -OCH3 is 2. The van der Waals surface area contributed by atoms with Crippen molar-refractivity contribution in [3.8, 4) is 11.5 Å². The van der Waals surface area contributed by atoms with Crippen molar-refractivity contribution in [2.24, 2.45) is 0 Å². The van der Waals surface area contributed by atoms with E-state index in [2.05, 4.69) is 27.8 Å². The van der Waals surface area contributed by atoms with Crippen molar-refractivity contribution in [3.05, 3.63) is 78.0 Å². The molecule has 0 radical (unpaired) electrons. The minimum atomic E-state index is -0.269. The lowest BCUT2D eigenvalue weighted by atomic mass is 10.1. The fraction of sp³-hybridized carbons (Fsp3) is 0.182. The van der Waals surface area contributed by atoms with E-state index in [1.54, 1.807) is 50.7 Å². The summed E-state index contributed by atoms with van der Waals surface area (Å²) in [5.74, 6) is 1.65. The lowest BCUT2D eigenvalue weighted by Gasteiger charge is -2.12. The van der Waals surface area contributed by atoms with Crippen LogP contribution < -0.4 is 20.1 Å². The van der Waals surface area contributed by atoms with E-state index < -0.39 is 0 Å². The summed E-state index contributed by atoms with van der Waals surface area (Å²) in [7, 11) is 3.12. The van der Waals surface area contributed by atoms with Gasteiger partial charge in [-0.2, -0.15) is 0 Å². The van der Waals surface area contributed by atoms with Crippen LogP contribution in [-0.4, -0.2) is 31.7 Å². The molecule has 0 bridgehead atoms. The van der Waals surface area contributed by atoms with E-state index in [4.69, 9.17) is 9.47 Å². The van der Waals surface area contributed by atoms with Crippen molar-refractivity contribution >= 4 is 17.4 Å². The van der Waals surface area contributed by atoms with E-state index in [0.29, 0.717) is 22.7 Å². The first kappa shape index (κ1) is 19.2. The second-order valence-electron chi connectivity index (χ2n) is 6.11. The van der Waals surface area contributed by atoms with Crippen LogP contribution in [0.15, 0.2) is 66.9 Å². The SMILES string of the molecule is COc1ccc(OC)c(NC(=O)c2ccc(NCCc3ccccc3)nc2)c1. The van der Waals surface area contributed by atoms with E-state index in [1.165, 1.54) is 5.56 Å². The maximum absolute atomic E-state index is 12.5. The molecule has 6 nitrogen and oxygen atoms in total. The number of carbonyl (C=O) groups is 1. The Kier molecular flexibility index (Phi) is 6.46. The summed E-state index contributed by atoms with van der Waals surface area (Å²) in [6.07, 6.45) is 2.45. The number of pyridine rings is 1. The maximum Gasteiger partial charge on any atom is 0.257 e. The van der Waals surface area contributed by atoms with Gasteiger partial charge in [0.1, 0.15) is 17.3 Å². The Hall–Kier alpha value is -3.54. The standard InChI is InChI=1S/C22H23N3O3/c1-27-18-9-10-20(28-2)19(14-18)25-22(26)17-8-11-21(24-15-17)23-13-12-16-6-4-3-5-7-16/h3-11,14-15H,12-13H2,1-2H3,(H,23,24)(H,25,26). The Balaban J connectivity index is 1.59. The molecule has 1 heterocycles. The highest BCUT2D eigenvalue weighted by atomic mass is 16.5. The number of amides is 1. The zero-order chi connectivity index (χ0) is 19.8. The molecule has 3 aromatic rings. The smallest absolute Gasteiger partial charge is 0.257 e. The van der Waals surface area contributed by atoms with Gasteiger partial charge >= 0.3 is 0 Å². The zero-order valence-corrected chi connectivity index (χ0v) is 15.9. The third-order valence-electron chi connectivity index (χ3n) is 4.24. The number of nitrogens with one attached hydrogen (secondary N) is 2. The topological polar surface area (TPSA) is 72.5 Å². The van der Waals surface area contributed by atoms with Gasteiger partial charge in [0.25, 0.3) is 5.91 Å². The molecule has 0 aliphatic rings. The highest BCUT2D eigenvalue weighted by Crippen LogP contribution is 2.29. The quantitative estimate of drug-likeness (QED) is 0.621. The molecule has 0 aliphatic heterocycles. The molecular formula is C22H23N3O3. The van der Waals surface area contributed by atoms with Crippen LogP contribution in [0.5, 0.6) is 11.5 Å². The second kappa shape index (κ2) is 9.41. The van der Waals surface area contributed by atoms with E-state index in [0.717, 1.165) is 18.8 Å². The van der Waals surface area contributed by atoms with Gasteiger partial charge < -0.3 is 20.1 Å². The van der Waals surface area contributed by atoms with Crippen molar-refractivity contribution in [1.82, 2.24) is 4.98 Å². The summed E-state index contributed by atoms with van der Waals surface area (Å²) >= 11 is 0. The maximum atomic E-state index is 12.5. The van der Waals surface area contributed by atoms with Gasteiger partial charge in [-0.25, -0.2) is 4.98 Å². The lowest BCUT2D eigenvalue weighted by Crippen LogP contribution is -2.13. The minimum absolute atomic E-state index is 0.269. The second-order valence-corrected chi connectivity index (χ2v) is 6.11. The van der Waals surface area contributed by atoms with Crippen LogP contribution in [0.4, 0.5) is 11.5 Å². The van der Waals surface area contributed by atoms with Crippen LogP contribution in [0, 0.1) is 0 Å². The lowest BCUT2D eigenvalue weighted by molar-refractivity contribution is 0.102. The van der Waals surface area contributed by atoms with Gasteiger partial charge in [0.2, 0.25) is 0 Å². The van der Waals surface area contributed by atoms with Gasteiger partial charge in [-0.1, -0.05) is 30.3 Å². The first-order chi connectivity index (χ1) is 13.7. The van der Waals surface area contributed by atoms with E-state index in [1.807, 2.05) is 18.2 Å². The molecule has 28 heavy (non-hydrogen) atoms. The summed E-state index contributed by atoms with van der Waals surface area (Å²) in [4.78, 5) is 16.8. The van der Waals surface area contributed by atoms with Crippen LogP contribution in [0.3, 0.4) is 0 Å². The molecule has 3 rings (SSSR count). The number of benzene rings is 2. The number of carbonyl (C=O) groups excluding carboxylic acids is 1. The number of ether oxygens (including phenoxy) is 2. The molecule has 0 saturated carbocycles. The Morgan fingerprint density at radius 2 is 1.82 bits per heavy atom. The largest absolute Gasteiger partial charge is 0.497 e. The predicted molar refractivity (Wildman–Crippen MR) is 110 cm³/mol. The molecule has 144 valence electrons. The molecule has 0 spiro atoms. The average molecular weight is 377 g/mol. The van der Waals surface area contributed by atoms with Gasteiger partial charge in [0.15, 0.2) is 0 Å². The Morgan fingerprint density at radius 3 is 2.50 bits per heavy atom. The van der Waals surface area contributed by atoms with Crippen molar-refractivity contribution in [2.75, 3.05) is 31.4 Å². The Bertz CT molecular complexity index is 912. The van der Waals surface area contributed by atoms with Crippen LogP contribution >= 0.6 is 0 Å². The number of hydrogen-bond acceptors (Lipinski definition) is 5. The molecule has 0 atom stereocenters. The van der Waals surface area contributed by atoms with Crippen LogP contribution in [0.1, 0.15) is 15.9 Å². The molecule has 0 saturated heterocycles. The van der Waals surface area contributed by atoms with Crippen LogP contribution in [-0.2, 0) is 6.42 Å². The first-order valence-electron chi connectivity index (χ1n) is 8.97. The monoisotopic (exact) mass is 377 g/mol. The van der Waals surface area contributed by atoms with Gasteiger partial charge in [0.05, 0.1) is 25.5 Å². The number of aromatic nitrogens is 1. The van der Waals surface area contributed by atoms with Crippen LogP contribution in [0.2, 0.25) is 0 Å². The highest BCUT2D eigenvalue weighted by molar-refractivity contribution is 6.05. The van der Waals surface area contributed by atoms with Crippen molar-refractivity contribution < 1.29 is 14.3 Å². The highest BCUT2D eigenvalue weighted by Gasteiger charge is 2.11. The number of nitrogens with zero attached hydrogens (tertiary/aromatic N) is 1. The molecule has 6 heteroatoms. The van der Waals surface area contributed by atoms with Gasteiger partial charge in [0, 0.05) is 18.8 Å². The molecule has 0 unspecified atom stereocenters. The molecule has 2 aromatic carbocycles. The molecule has 0 fully saturated rings. The average Bonchev–Trinajstić information content (AvgIpc) is 2.75. The van der Waals surface area contributed by atoms with E-state index in [-0.39, 0.29) is 5.91 Å². The number of anilines is 2. The number of rotatable bonds is 8. The minimum Gasteiger partial charge on any atom is -0.497 e. The Morgan fingerprint density at radius 1 is 1.00 bits per heavy atom. The van der Waals surface area contributed by atoms with Gasteiger partial charge in [-0.15, -0.1) is 0 Å². The zero-order valence-electron chi connectivity index (χ0n) is 15.9. The summed E-state index contributed by atoms with van der Waals surface area (Å²) in [6, 6.07) is 19.0. The number of hydrogen-bond donors (Lipinski definition) is 2. The van der Waals surface area contributed by atoms with E-state index >= 15 is 0 Å². The normalized spacial score (nSPS) is 10.2. The fourth-order valence-electron chi connectivity index (χ4n) is 2.72. The van der Waals surface area contributed by atoms with E-state index in [9.17, 15) is 4.79 Å². The summed E-state index contributed by atoms with van der Waals surface area (Å²) in [5.41, 5.74) is 2.26. The van der Waals surface area contributed by atoms with Gasteiger partial charge in [-0.05, 0) is 36.2 Å². The molecule has 1 amide bonds. The molecular weight excluding hydrogens is 354 g/mol.